The van der Waals surface area contributed by atoms with Crippen LogP contribution in [0.3, 0.4) is 0 Å². The van der Waals surface area contributed by atoms with Crippen LogP contribution < -0.4 is 10.0 Å². The summed E-state index contributed by atoms with van der Waals surface area (Å²) in [6.07, 6.45) is -4.62. The van der Waals surface area contributed by atoms with Crippen molar-refractivity contribution in [2.75, 3.05) is 25.0 Å². The van der Waals surface area contributed by atoms with E-state index in [-0.39, 0.29) is 34.3 Å². The third kappa shape index (κ3) is 5.60. The van der Waals surface area contributed by atoms with Crippen molar-refractivity contribution in [1.29, 1.82) is 0 Å². The van der Waals surface area contributed by atoms with Crippen LogP contribution >= 0.6 is 11.6 Å². The van der Waals surface area contributed by atoms with Crippen LogP contribution in [0.2, 0.25) is 5.02 Å². The number of hydrogen-bond acceptors (Lipinski definition) is 4. The number of carbonyl (C=O) groups is 1. The molecule has 0 spiro atoms. The molecular formula is C17H16ClF3N2O4S. The predicted octanol–water partition coefficient (Wildman–Crippen LogP) is 3.54. The Morgan fingerprint density at radius 2 is 1.89 bits per heavy atom. The Labute approximate surface area is 164 Å². The Bertz CT molecular complexity index is 965. The summed E-state index contributed by atoms with van der Waals surface area (Å²) in [5, 5.41) is 2.53. The number of hydrogen-bond donors (Lipinski definition) is 2. The van der Waals surface area contributed by atoms with Crippen LogP contribution in [0, 0.1) is 0 Å². The summed E-state index contributed by atoms with van der Waals surface area (Å²) in [6.45, 7) is 0.434. The number of ether oxygens (including phenoxy) is 1. The molecule has 0 aromatic heterocycles. The van der Waals surface area contributed by atoms with Gasteiger partial charge in [0.15, 0.2) is 0 Å². The van der Waals surface area contributed by atoms with Gasteiger partial charge >= 0.3 is 6.18 Å². The standard InChI is InChI=1S/C17H16ClF3N2O4S/c1-27-8-7-22-16(24)14-10-13(5-6-15(14)18)28(25,26)23-12-4-2-3-11(9-12)17(19,20)21/h2-6,9-10,23H,7-8H2,1H3,(H,22,24). The van der Waals surface area contributed by atoms with Gasteiger partial charge in [0, 0.05) is 19.3 Å². The number of amides is 1. The summed E-state index contributed by atoms with van der Waals surface area (Å²) < 4.78 is 70.3. The molecule has 152 valence electrons. The van der Waals surface area contributed by atoms with Crippen LogP contribution in [-0.4, -0.2) is 34.6 Å². The van der Waals surface area contributed by atoms with Gasteiger partial charge in [-0.25, -0.2) is 8.42 Å². The minimum Gasteiger partial charge on any atom is -0.383 e. The van der Waals surface area contributed by atoms with Crippen molar-refractivity contribution in [3.8, 4) is 0 Å². The lowest BCUT2D eigenvalue weighted by atomic mass is 10.2. The smallest absolute Gasteiger partial charge is 0.383 e. The summed E-state index contributed by atoms with van der Waals surface area (Å²) in [6, 6.07) is 7.16. The van der Waals surface area contributed by atoms with Gasteiger partial charge in [-0.3, -0.25) is 9.52 Å². The number of sulfonamides is 1. The monoisotopic (exact) mass is 436 g/mol. The van der Waals surface area contributed by atoms with Crippen molar-refractivity contribution in [2.24, 2.45) is 0 Å². The van der Waals surface area contributed by atoms with E-state index in [2.05, 4.69) is 10.0 Å². The topological polar surface area (TPSA) is 84.5 Å². The molecule has 0 aliphatic heterocycles. The first kappa shape index (κ1) is 22.0. The lowest BCUT2D eigenvalue weighted by molar-refractivity contribution is -0.137. The maximum Gasteiger partial charge on any atom is 0.416 e. The van der Waals surface area contributed by atoms with Gasteiger partial charge in [-0.1, -0.05) is 17.7 Å². The molecule has 0 atom stereocenters. The zero-order valence-corrected chi connectivity index (χ0v) is 16.1. The van der Waals surface area contributed by atoms with Crippen molar-refractivity contribution >= 4 is 33.2 Å². The van der Waals surface area contributed by atoms with Gasteiger partial charge in [0.2, 0.25) is 0 Å². The molecule has 0 heterocycles. The maximum atomic E-state index is 12.8. The number of methoxy groups -OCH3 is 1. The van der Waals surface area contributed by atoms with E-state index in [0.29, 0.717) is 6.07 Å². The lowest BCUT2D eigenvalue weighted by Crippen LogP contribution is -2.27. The fraction of sp³-hybridized carbons (Fsp3) is 0.235. The molecule has 0 radical (unpaired) electrons. The van der Waals surface area contributed by atoms with Crippen LogP contribution in [0.15, 0.2) is 47.4 Å². The molecule has 28 heavy (non-hydrogen) atoms. The Morgan fingerprint density at radius 3 is 2.54 bits per heavy atom. The van der Waals surface area contributed by atoms with Crippen molar-refractivity contribution in [3.63, 3.8) is 0 Å². The van der Waals surface area contributed by atoms with Crippen molar-refractivity contribution in [3.05, 3.63) is 58.6 Å². The molecule has 1 amide bonds. The van der Waals surface area contributed by atoms with Gasteiger partial charge in [0.25, 0.3) is 15.9 Å². The second-order valence-electron chi connectivity index (χ2n) is 5.57. The van der Waals surface area contributed by atoms with Crippen LogP contribution in [0.4, 0.5) is 18.9 Å². The van der Waals surface area contributed by atoms with E-state index < -0.39 is 27.7 Å². The molecule has 0 saturated heterocycles. The Morgan fingerprint density at radius 1 is 1.18 bits per heavy atom. The Hall–Kier alpha value is -2.30. The highest BCUT2D eigenvalue weighted by molar-refractivity contribution is 7.92. The zero-order valence-electron chi connectivity index (χ0n) is 14.5. The predicted molar refractivity (Wildman–Crippen MR) is 97.9 cm³/mol. The van der Waals surface area contributed by atoms with Gasteiger partial charge in [-0.15, -0.1) is 0 Å². The van der Waals surface area contributed by atoms with E-state index in [1.807, 2.05) is 0 Å². The normalized spacial score (nSPS) is 11.9. The van der Waals surface area contributed by atoms with Crippen LogP contribution in [0.1, 0.15) is 15.9 Å². The van der Waals surface area contributed by atoms with Gasteiger partial charge in [-0.2, -0.15) is 13.2 Å². The minimum absolute atomic E-state index is 0.0212. The third-order valence-electron chi connectivity index (χ3n) is 3.53. The van der Waals surface area contributed by atoms with Gasteiger partial charge < -0.3 is 10.1 Å². The van der Waals surface area contributed by atoms with Crippen LogP contribution in [-0.2, 0) is 20.9 Å². The number of benzene rings is 2. The molecule has 2 N–H and O–H groups in total. The van der Waals surface area contributed by atoms with E-state index in [0.717, 1.165) is 24.3 Å². The first-order valence-corrected chi connectivity index (χ1v) is 9.67. The SMILES string of the molecule is COCCNC(=O)c1cc(S(=O)(=O)Nc2cccc(C(F)(F)F)c2)ccc1Cl. The maximum absolute atomic E-state index is 12.8. The summed E-state index contributed by atoms with van der Waals surface area (Å²) in [5.74, 6) is -0.613. The molecule has 0 unspecified atom stereocenters. The Kier molecular flexibility index (Phi) is 6.91. The summed E-state index contributed by atoms with van der Waals surface area (Å²) in [7, 11) is -2.80. The van der Waals surface area contributed by atoms with Crippen molar-refractivity contribution in [2.45, 2.75) is 11.1 Å². The van der Waals surface area contributed by atoms with Crippen molar-refractivity contribution < 1.29 is 31.1 Å². The van der Waals surface area contributed by atoms with Gasteiger partial charge in [-0.05, 0) is 36.4 Å². The molecule has 2 aromatic carbocycles. The van der Waals surface area contributed by atoms with E-state index in [4.69, 9.17) is 16.3 Å². The highest BCUT2D eigenvalue weighted by Gasteiger charge is 2.30. The van der Waals surface area contributed by atoms with E-state index >= 15 is 0 Å². The number of carbonyl (C=O) groups excluding carboxylic acids is 1. The molecule has 0 fully saturated rings. The summed E-state index contributed by atoms with van der Waals surface area (Å²) in [5.41, 5.74) is -1.36. The first-order chi connectivity index (χ1) is 13.0. The van der Waals surface area contributed by atoms with Crippen molar-refractivity contribution in [1.82, 2.24) is 5.32 Å². The fourth-order valence-electron chi connectivity index (χ4n) is 2.18. The molecule has 2 rings (SSSR count). The van der Waals surface area contributed by atoms with Crippen LogP contribution in [0.25, 0.3) is 0 Å². The molecule has 0 aliphatic carbocycles. The second-order valence-corrected chi connectivity index (χ2v) is 7.66. The average molecular weight is 437 g/mol. The number of rotatable bonds is 7. The molecular weight excluding hydrogens is 421 g/mol. The number of nitrogens with one attached hydrogen (secondary N) is 2. The van der Waals surface area contributed by atoms with Gasteiger partial charge in [0.1, 0.15) is 0 Å². The zero-order chi connectivity index (χ0) is 20.9. The number of halogens is 4. The highest BCUT2D eigenvalue weighted by Crippen LogP contribution is 2.31. The number of alkyl halides is 3. The second kappa shape index (κ2) is 8.80. The summed E-state index contributed by atoms with van der Waals surface area (Å²) >= 11 is 5.95. The highest BCUT2D eigenvalue weighted by atomic mass is 35.5. The average Bonchev–Trinajstić information content (AvgIpc) is 2.61. The first-order valence-electron chi connectivity index (χ1n) is 7.81. The van der Waals surface area contributed by atoms with E-state index in [1.165, 1.54) is 19.2 Å². The summed E-state index contributed by atoms with van der Waals surface area (Å²) in [4.78, 5) is 11.8. The third-order valence-corrected chi connectivity index (χ3v) is 5.24. The minimum atomic E-state index is -4.62. The molecule has 6 nitrogen and oxygen atoms in total. The molecule has 11 heteroatoms. The quantitative estimate of drug-likeness (QED) is 0.650. The van der Waals surface area contributed by atoms with Crippen LogP contribution in [0.5, 0.6) is 0 Å². The largest absolute Gasteiger partial charge is 0.416 e. The molecule has 0 aliphatic rings. The molecule has 2 aromatic rings. The Balaban J connectivity index is 2.29. The molecule has 0 bridgehead atoms. The van der Waals surface area contributed by atoms with E-state index in [1.54, 1.807) is 0 Å². The fourth-order valence-corrected chi connectivity index (χ4v) is 3.46. The lowest BCUT2D eigenvalue weighted by Gasteiger charge is -2.12. The van der Waals surface area contributed by atoms with E-state index in [9.17, 15) is 26.4 Å². The van der Waals surface area contributed by atoms with Gasteiger partial charge in [0.05, 0.1) is 27.7 Å². The molecule has 0 saturated carbocycles. The number of anilines is 1.